The van der Waals surface area contributed by atoms with Crippen molar-refractivity contribution in [1.29, 1.82) is 0 Å². The minimum Gasteiger partial charge on any atom is -0.394 e. The maximum atomic E-state index is 13.8. The Bertz CT molecular complexity index is 898. The molecule has 1 N–H and O–H groups in total. The molecule has 1 aromatic carbocycles. The van der Waals surface area contributed by atoms with Gasteiger partial charge in [0.05, 0.1) is 34.8 Å². The van der Waals surface area contributed by atoms with Gasteiger partial charge in [-0.25, -0.2) is 0 Å². The van der Waals surface area contributed by atoms with Gasteiger partial charge in [0.2, 0.25) is 5.91 Å². The van der Waals surface area contributed by atoms with E-state index in [1.165, 1.54) is 0 Å². The highest BCUT2D eigenvalue weighted by Gasteiger charge is 2.51. The molecule has 1 amide bonds. The Morgan fingerprint density at radius 2 is 2.10 bits per heavy atom. The fourth-order valence-electron chi connectivity index (χ4n) is 4.56. The number of hydrogen-bond donors (Lipinski definition) is 1. The number of aliphatic hydroxyl groups excluding tert-OH is 1. The largest absolute Gasteiger partial charge is 0.394 e. The second-order valence-corrected chi connectivity index (χ2v) is 9.10. The highest BCUT2D eigenvalue weighted by atomic mass is 35.5. The first kappa shape index (κ1) is 22.8. The summed E-state index contributed by atoms with van der Waals surface area (Å²) in [6.45, 7) is 7.73. The number of carbonyl (C=O) groups excluding carboxylic acids is 1. The zero-order valence-electron chi connectivity index (χ0n) is 17.4. The monoisotopic (exact) mass is 446 g/mol. The molecule has 0 aliphatic carbocycles. The van der Waals surface area contributed by atoms with Crippen LogP contribution in [0.1, 0.15) is 56.3 Å². The van der Waals surface area contributed by atoms with Crippen molar-refractivity contribution in [2.45, 2.75) is 51.1 Å². The first-order valence-electron chi connectivity index (χ1n) is 10.3. The third-order valence-electron chi connectivity index (χ3n) is 6.10. The minimum atomic E-state index is -0.625. The van der Waals surface area contributed by atoms with Crippen LogP contribution in [0.2, 0.25) is 10.0 Å². The lowest BCUT2D eigenvalue weighted by atomic mass is 9.67. The van der Waals surface area contributed by atoms with E-state index in [2.05, 4.69) is 11.6 Å². The van der Waals surface area contributed by atoms with E-state index < -0.39 is 5.41 Å². The summed E-state index contributed by atoms with van der Waals surface area (Å²) < 4.78 is 0. The number of piperidine rings is 1. The molecule has 4 atom stereocenters. The van der Waals surface area contributed by atoms with Crippen molar-refractivity contribution in [1.82, 2.24) is 9.88 Å². The summed E-state index contributed by atoms with van der Waals surface area (Å²) >= 11 is 12.4. The second-order valence-electron chi connectivity index (χ2n) is 8.22. The number of halogens is 2. The molecule has 2 heterocycles. The van der Waals surface area contributed by atoms with Gasteiger partial charge in [-0.3, -0.25) is 9.78 Å². The SMILES string of the molecule is C=CCC1(C)C[C@H](c2cccc(Cl)c2)[C@@H](c2ccc(Cl)cn2)N(C(CC)CO)C1=O. The van der Waals surface area contributed by atoms with Crippen LogP contribution in [-0.4, -0.2) is 33.5 Å². The number of benzene rings is 1. The van der Waals surface area contributed by atoms with E-state index in [1.54, 1.807) is 18.3 Å². The smallest absolute Gasteiger partial charge is 0.229 e. The molecule has 1 aliphatic rings. The second kappa shape index (κ2) is 9.51. The number of likely N-dealkylation sites (tertiary alicyclic amines) is 1. The van der Waals surface area contributed by atoms with Gasteiger partial charge in [-0.2, -0.15) is 0 Å². The number of allylic oxidation sites excluding steroid dienone is 1. The summed E-state index contributed by atoms with van der Waals surface area (Å²) in [4.78, 5) is 20.2. The van der Waals surface area contributed by atoms with E-state index >= 15 is 0 Å². The fraction of sp³-hybridized carbons (Fsp3) is 0.417. The lowest BCUT2D eigenvalue weighted by molar-refractivity contribution is -0.156. The maximum Gasteiger partial charge on any atom is 0.229 e. The van der Waals surface area contributed by atoms with Gasteiger partial charge in [0.1, 0.15) is 0 Å². The first-order valence-corrected chi connectivity index (χ1v) is 11.0. The third-order valence-corrected chi connectivity index (χ3v) is 6.56. The number of rotatable bonds is 7. The molecule has 30 heavy (non-hydrogen) atoms. The summed E-state index contributed by atoms with van der Waals surface area (Å²) in [6.07, 6.45) is 5.23. The Hall–Kier alpha value is -1.88. The van der Waals surface area contributed by atoms with Crippen molar-refractivity contribution in [3.8, 4) is 0 Å². The van der Waals surface area contributed by atoms with Crippen LogP contribution < -0.4 is 0 Å². The van der Waals surface area contributed by atoms with E-state index in [0.717, 1.165) is 11.3 Å². The minimum absolute atomic E-state index is 0.0170. The molecule has 1 aromatic heterocycles. The van der Waals surface area contributed by atoms with Crippen LogP contribution in [0, 0.1) is 5.41 Å². The summed E-state index contributed by atoms with van der Waals surface area (Å²) in [7, 11) is 0. The molecule has 2 unspecified atom stereocenters. The van der Waals surface area contributed by atoms with E-state index in [1.807, 2.05) is 49.1 Å². The lowest BCUT2D eigenvalue weighted by Gasteiger charge is -2.51. The lowest BCUT2D eigenvalue weighted by Crippen LogP contribution is -2.56. The third kappa shape index (κ3) is 4.41. The molecule has 0 saturated carbocycles. The molecule has 160 valence electrons. The zero-order valence-corrected chi connectivity index (χ0v) is 18.9. The van der Waals surface area contributed by atoms with Gasteiger partial charge in [-0.05, 0) is 49.1 Å². The van der Waals surface area contributed by atoms with Gasteiger partial charge in [-0.15, -0.1) is 6.58 Å². The van der Waals surface area contributed by atoms with E-state index in [9.17, 15) is 9.90 Å². The van der Waals surface area contributed by atoms with Crippen LogP contribution in [0.3, 0.4) is 0 Å². The van der Waals surface area contributed by atoms with Gasteiger partial charge in [0, 0.05) is 17.1 Å². The van der Waals surface area contributed by atoms with Gasteiger partial charge in [-0.1, -0.05) is 55.3 Å². The average molecular weight is 447 g/mol. The molecule has 4 nitrogen and oxygen atoms in total. The molecule has 1 fully saturated rings. The van der Waals surface area contributed by atoms with Crippen molar-refractivity contribution in [2.24, 2.45) is 5.41 Å². The Kier molecular flexibility index (Phi) is 7.22. The number of aromatic nitrogens is 1. The Morgan fingerprint density at radius 1 is 1.33 bits per heavy atom. The molecule has 0 radical (unpaired) electrons. The standard InChI is InChI=1S/C24H28Cl2N2O2/c1-4-11-24(3)13-20(16-7-6-8-17(25)12-16)22(21-10-9-18(26)14-27-21)28(23(24)30)19(5-2)15-29/h4,6-10,12,14,19-20,22,29H,1,5,11,13,15H2,2-3H3/t19?,20-,22+,24?/m1/s1. The molecule has 1 aliphatic heterocycles. The van der Waals surface area contributed by atoms with Crippen LogP contribution in [0.4, 0.5) is 0 Å². The zero-order chi connectivity index (χ0) is 21.9. The summed E-state index contributed by atoms with van der Waals surface area (Å²) in [5.74, 6) is -0.0241. The van der Waals surface area contributed by atoms with Gasteiger partial charge < -0.3 is 10.0 Å². The Morgan fingerprint density at radius 3 is 2.67 bits per heavy atom. The van der Waals surface area contributed by atoms with Crippen LogP contribution in [-0.2, 0) is 4.79 Å². The Labute approximate surface area is 188 Å². The predicted molar refractivity (Wildman–Crippen MR) is 122 cm³/mol. The predicted octanol–water partition coefficient (Wildman–Crippen LogP) is 5.80. The van der Waals surface area contributed by atoms with Crippen molar-refractivity contribution < 1.29 is 9.90 Å². The number of carbonyl (C=O) groups is 1. The number of pyridine rings is 1. The fourth-order valence-corrected chi connectivity index (χ4v) is 4.87. The molecule has 3 rings (SSSR count). The number of aliphatic hydroxyl groups is 1. The van der Waals surface area contributed by atoms with E-state index in [4.69, 9.17) is 23.2 Å². The first-order chi connectivity index (χ1) is 14.3. The van der Waals surface area contributed by atoms with Crippen molar-refractivity contribution in [2.75, 3.05) is 6.61 Å². The Balaban J connectivity index is 2.22. The number of amides is 1. The maximum absolute atomic E-state index is 13.8. The van der Waals surface area contributed by atoms with E-state index in [0.29, 0.717) is 29.3 Å². The summed E-state index contributed by atoms with van der Waals surface area (Å²) in [5.41, 5.74) is 1.18. The van der Waals surface area contributed by atoms with Crippen molar-refractivity contribution in [3.05, 3.63) is 76.6 Å². The van der Waals surface area contributed by atoms with Crippen molar-refractivity contribution >= 4 is 29.1 Å². The van der Waals surface area contributed by atoms with Gasteiger partial charge in [0.15, 0.2) is 0 Å². The van der Waals surface area contributed by atoms with Gasteiger partial charge in [0.25, 0.3) is 0 Å². The molecule has 0 spiro atoms. The normalized spacial score (nSPS) is 25.2. The molecular weight excluding hydrogens is 419 g/mol. The van der Waals surface area contributed by atoms with Crippen molar-refractivity contribution in [3.63, 3.8) is 0 Å². The topological polar surface area (TPSA) is 53.4 Å². The molecule has 0 bridgehead atoms. The van der Waals surface area contributed by atoms with Gasteiger partial charge >= 0.3 is 0 Å². The van der Waals surface area contributed by atoms with Crippen LogP contribution >= 0.6 is 23.2 Å². The number of hydrogen-bond acceptors (Lipinski definition) is 3. The van der Waals surface area contributed by atoms with E-state index in [-0.39, 0.29) is 30.5 Å². The highest BCUT2D eigenvalue weighted by Crippen LogP contribution is 2.51. The molecule has 1 saturated heterocycles. The summed E-state index contributed by atoms with van der Waals surface area (Å²) in [6, 6.07) is 10.8. The summed E-state index contributed by atoms with van der Waals surface area (Å²) in [5, 5.41) is 11.3. The molecular formula is C24H28Cl2N2O2. The number of nitrogens with zero attached hydrogens (tertiary/aromatic N) is 2. The quantitative estimate of drug-likeness (QED) is 0.546. The average Bonchev–Trinajstić information content (AvgIpc) is 2.73. The van der Waals surface area contributed by atoms with Crippen LogP contribution in [0.15, 0.2) is 55.3 Å². The van der Waals surface area contributed by atoms with Crippen LogP contribution in [0.25, 0.3) is 0 Å². The van der Waals surface area contributed by atoms with Crippen LogP contribution in [0.5, 0.6) is 0 Å². The molecule has 2 aromatic rings. The highest BCUT2D eigenvalue weighted by molar-refractivity contribution is 6.30. The molecule has 6 heteroatoms.